The van der Waals surface area contributed by atoms with Crippen molar-refractivity contribution in [2.24, 2.45) is 10.9 Å². The lowest BCUT2D eigenvalue weighted by Crippen LogP contribution is -2.39. The Balaban J connectivity index is 1.66. The van der Waals surface area contributed by atoms with Crippen LogP contribution in [0.4, 0.5) is 0 Å². The molecule has 1 fully saturated rings. The number of amides is 1. The van der Waals surface area contributed by atoms with Gasteiger partial charge in [-0.25, -0.2) is 8.42 Å². The van der Waals surface area contributed by atoms with E-state index >= 15 is 0 Å². The molecule has 1 atom stereocenters. The van der Waals surface area contributed by atoms with Gasteiger partial charge in [-0.05, 0) is 67.1 Å². The minimum absolute atomic E-state index is 0.0699. The van der Waals surface area contributed by atoms with Crippen molar-refractivity contribution < 1.29 is 22.7 Å². The molecule has 3 aromatic rings. The SMILES string of the molecule is CCc1ccc2c(c1)sc(=NC(=O)c1ccc(S(=O)(=O)N3CCCC(C)C3)cc1)n2CC(=O)OC. The molecule has 0 N–H and O–H groups in total. The first-order valence-corrected chi connectivity index (χ1v) is 13.9. The maximum absolute atomic E-state index is 13.0. The highest BCUT2D eigenvalue weighted by Gasteiger charge is 2.28. The third kappa shape index (κ3) is 5.39. The molecule has 2 heterocycles. The van der Waals surface area contributed by atoms with Crippen LogP contribution in [0.2, 0.25) is 0 Å². The van der Waals surface area contributed by atoms with Gasteiger partial charge >= 0.3 is 5.97 Å². The Morgan fingerprint density at radius 1 is 1.17 bits per heavy atom. The highest BCUT2D eigenvalue weighted by atomic mass is 32.2. The molecule has 2 aromatic carbocycles. The van der Waals surface area contributed by atoms with E-state index in [1.165, 1.54) is 47.0 Å². The summed E-state index contributed by atoms with van der Waals surface area (Å²) in [5.41, 5.74) is 2.20. The van der Waals surface area contributed by atoms with E-state index in [0.717, 1.165) is 35.0 Å². The van der Waals surface area contributed by atoms with E-state index in [0.29, 0.717) is 23.8 Å². The van der Waals surface area contributed by atoms with Gasteiger partial charge in [0.25, 0.3) is 5.91 Å². The van der Waals surface area contributed by atoms with E-state index < -0.39 is 21.9 Å². The second-order valence-corrected chi connectivity index (χ2v) is 11.7. The molecule has 0 radical (unpaired) electrons. The van der Waals surface area contributed by atoms with Crippen LogP contribution in [0.25, 0.3) is 10.2 Å². The number of piperidine rings is 1. The summed E-state index contributed by atoms with van der Waals surface area (Å²) in [6.07, 6.45) is 2.73. The van der Waals surface area contributed by atoms with Crippen molar-refractivity contribution in [3.05, 3.63) is 58.4 Å². The molecule has 186 valence electrons. The molecule has 10 heteroatoms. The lowest BCUT2D eigenvalue weighted by atomic mass is 10.0. The fourth-order valence-electron chi connectivity index (χ4n) is 4.20. The number of thiazole rings is 1. The summed E-state index contributed by atoms with van der Waals surface area (Å²) in [5.74, 6) is -0.634. The first kappa shape index (κ1) is 25.3. The Labute approximate surface area is 208 Å². The van der Waals surface area contributed by atoms with Gasteiger partial charge in [0.1, 0.15) is 6.54 Å². The average molecular weight is 516 g/mol. The van der Waals surface area contributed by atoms with Crippen LogP contribution in [-0.2, 0) is 32.5 Å². The fraction of sp³-hybridized carbons (Fsp3) is 0.400. The van der Waals surface area contributed by atoms with Gasteiger partial charge in [-0.15, -0.1) is 0 Å². The van der Waals surface area contributed by atoms with E-state index in [1.807, 2.05) is 18.2 Å². The Morgan fingerprint density at radius 2 is 1.91 bits per heavy atom. The number of fused-ring (bicyclic) bond motifs is 1. The van der Waals surface area contributed by atoms with Crippen molar-refractivity contribution >= 4 is 43.5 Å². The highest BCUT2D eigenvalue weighted by Crippen LogP contribution is 2.24. The third-order valence-corrected chi connectivity index (χ3v) is 9.15. The molecule has 4 rings (SSSR count). The lowest BCUT2D eigenvalue weighted by Gasteiger charge is -2.30. The number of aryl methyl sites for hydroxylation is 1. The molecule has 0 saturated carbocycles. The van der Waals surface area contributed by atoms with Gasteiger partial charge in [0, 0.05) is 18.7 Å². The topological polar surface area (TPSA) is 98.0 Å². The number of aromatic nitrogens is 1. The Hall–Kier alpha value is -2.82. The number of rotatable bonds is 6. The van der Waals surface area contributed by atoms with Gasteiger partial charge < -0.3 is 9.30 Å². The van der Waals surface area contributed by atoms with Crippen molar-refractivity contribution in [2.45, 2.75) is 44.6 Å². The number of methoxy groups -OCH3 is 1. The van der Waals surface area contributed by atoms with Gasteiger partial charge in [0.2, 0.25) is 10.0 Å². The van der Waals surface area contributed by atoms with Gasteiger partial charge in [0.15, 0.2) is 4.80 Å². The minimum atomic E-state index is -3.61. The van der Waals surface area contributed by atoms with E-state index in [9.17, 15) is 18.0 Å². The quantitative estimate of drug-likeness (QED) is 0.467. The monoisotopic (exact) mass is 515 g/mol. The molecule has 0 aliphatic carbocycles. The number of nitrogens with zero attached hydrogens (tertiary/aromatic N) is 3. The Bertz CT molecular complexity index is 1420. The van der Waals surface area contributed by atoms with Crippen molar-refractivity contribution in [3.8, 4) is 0 Å². The zero-order valence-corrected chi connectivity index (χ0v) is 21.7. The fourth-order valence-corrected chi connectivity index (χ4v) is 6.89. The average Bonchev–Trinajstić information content (AvgIpc) is 3.19. The van der Waals surface area contributed by atoms with Crippen LogP contribution < -0.4 is 4.80 Å². The number of hydrogen-bond acceptors (Lipinski definition) is 6. The summed E-state index contributed by atoms with van der Waals surface area (Å²) in [7, 11) is -2.29. The summed E-state index contributed by atoms with van der Waals surface area (Å²) in [6.45, 7) is 5.05. The second kappa shape index (κ2) is 10.4. The first-order chi connectivity index (χ1) is 16.7. The van der Waals surface area contributed by atoms with E-state index in [-0.39, 0.29) is 17.0 Å². The number of ether oxygens (including phenoxy) is 1. The zero-order chi connectivity index (χ0) is 25.2. The summed E-state index contributed by atoms with van der Waals surface area (Å²) in [6, 6.07) is 11.8. The molecule has 1 saturated heterocycles. The summed E-state index contributed by atoms with van der Waals surface area (Å²) in [4.78, 5) is 29.8. The van der Waals surface area contributed by atoms with Gasteiger partial charge in [0.05, 0.1) is 22.2 Å². The normalized spacial score (nSPS) is 17.6. The van der Waals surface area contributed by atoms with Crippen LogP contribution in [0.1, 0.15) is 42.6 Å². The van der Waals surface area contributed by atoms with Crippen LogP contribution >= 0.6 is 11.3 Å². The predicted molar refractivity (Wildman–Crippen MR) is 135 cm³/mol. The van der Waals surface area contributed by atoms with Crippen molar-refractivity contribution in [2.75, 3.05) is 20.2 Å². The number of benzene rings is 2. The molecule has 1 aliphatic rings. The Morgan fingerprint density at radius 3 is 2.57 bits per heavy atom. The predicted octanol–water partition coefficient (Wildman–Crippen LogP) is 3.60. The van der Waals surface area contributed by atoms with Crippen molar-refractivity contribution in [1.82, 2.24) is 8.87 Å². The summed E-state index contributed by atoms with van der Waals surface area (Å²) in [5, 5.41) is 0. The molecular formula is C25H29N3O5S2. The maximum Gasteiger partial charge on any atom is 0.325 e. The van der Waals surface area contributed by atoms with Crippen LogP contribution in [0, 0.1) is 5.92 Å². The highest BCUT2D eigenvalue weighted by molar-refractivity contribution is 7.89. The zero-order valence-electron chi connectivity index (χ0n) is 20.1. The molecule has 0 bridgehead atoms. The first-order valence-electron chi connectivity index (χ1n) is 11.6. The molecule has 1 unspecified atom stereocenters. The van der Waals surface area contributed by atoms with Crippen LogP contribution in [0.3, 0.4) is 0 Å². The van der Waals surface area contributed by atoms with Crippen LogP contribution in [0.15, 0.2) is 52.4 Å². The maximum atomic E-state index is 13.0. The smallest absolute Gasteiger partial charge is 0.325 e. The van der Waals surface area contributed by atoms with Crippen LogP contribution in [0.5, 0.6) is 0 Å². The van der Waals surface area contributed by atoms with E-state index in [2.05, 4.69) is 18.8 Å². The van der Waals surface area contributed by atoms with Gasteiger partial charge in [-0.1, -0.05) is 31.3 Å². The Kier molecular flexibility index (Phi) is 7.53. The number of carbonyl (C=O) groups excluding carboxylic acids is 2. The van der Waals surface area contributed by atoms with Gasteiger partial charge in [-0.3, -0.25) is 9.59 Å². The molecule has 35 heavy (non-hydrogen) atoms. The molecule has 1 aromatic heterocycles. The van der Waals surface area contributed by atoms with Crippen molar-refractivity contribution in [1.29, 1.82) is 0 Å². The largest absolute Gasteiger partial charge is 0.468 e. The third-order valence-electron chi connectivity index (χ3n) is 6.23. The second-order valence-electron chi connectivity index (χ2n) is 8.75. The minimum Gasteiger partial charge on any atom is -0.468 e. The number of sulfonamides is 1. The summed E-state index contributed by atoms with van der Waals surface area (Å²) < 4.78 is 34.9. The van der Waals surface area contributed by atoms with E-state index in [1.54, 1.807) is 4.57 Å². The number of esters is 1. The van der Waals surface area contributed by atoms with Crippen LogP contribution in [-0.4, -0.2) is 49.4 Å². The molecular weight excluding hydrogens is 486 g/mol. The van der Waals surface area contributed by atoms with E-state index in [4.69, 9.17) is 4.74 Å². The van der Waals surface area contributed by atoms with Crippen molar-refractivity contribution in [3.63, 3.8) is 0 Å². The molecule has 8 nitrogen and oxygen atoms in total. The summed E-state index contributed by atoms with van der Waals surface area (Å²) >= 11 is 1.32. The lowest BCUT2D eigenvalue weighted by molar-refractivity contribution is -0.141. The number of hydrogen-bond donors (Lipinski definition) is 0. The molecule has 1 amide bonds. The standard InChI is InChI=1S/C25H29N3O5S2/c1-4-18-7-12-21-22(14-18)34-25(28(21)16-23(29)33-3)26-24(30)19-8-10-20(11-9-19)35(31,32)27-13-5-6-17(2)15-27/h7-12,14,17H,4-6,13,15-16H2,1-3H3. The number of carbonyl (C=O) groups is 2. The molecule has 0 spiro atoms. The molecule has 1 aliphatic heterocycles. The van der Waals surface area contributed by atoms with Gasteiger partial charge in [-0.2, -0.15) is 9.30 Å².